The van der Waals surface area contributed by atoms with E-state index in [1.165, 1.54) is 0 Å². The van der Waals surface area contributed by atoms with Gasteiger partial charge in [0.1, 0.15) is 5.01 Å². The van der Waals surface area contributed by atoms with Gasteiger partial charge in [-0.2, -0.15) is 0 Å². The molecule has 0 unspecified atom stereocenters. The van der Waals surface area contributed by atoms with Gasteiger partial charge in [0.05, 0.1) is 18.8 Å². The molecule has 124 valence electrons. The molecule has 3 aromatic rings. The van der Waals surface area contributed by atoms with Crippen molar-refractivity contribution in [3.8, 4) is 11.3 Å². The molecular formula is C19H21N3OS. The molecular weight excluding hydrogens is 318 g/mol. The molecule has 4 nitrogen and oxygen atoms in total. The van der Waals surface area contributed by atoms with Crippen molar-refractivity contribution in [1.29, 1.82) is 0 Å². The van der Waals surface area contributed by atoms with Crippen molar-refractivity contribution in [2.24, 2.45) is 0 Å². The Morgan fingerprint density at radius 1 is 1.08 bits per heavy atom. The van der Waals surface area contributed by atoms with Gasteiger partial charge in [-0.25, -0.2) is 4.98 Å². The van der Waals surface area contributed by atoms with Gasteiger partial charge < -0.3 is 15.3 Å². The monoisotopic (exact) mass is 339 g/mol. The predicted octanol–water partition coefficient (Wildman–Crippen LogP) is 3.85. The molecule has 3 rings (SSSR count). The molecule has 2 N–H and O–H groups in total. The molecule has 2 aromatic carbocycles. The smallest absolute Gasteiger partial charge is 0.112 e. The number of nitrogens with one attached hydrogen (secondary N) is 1. The molecule has 24 heavy (non-hydrogen) atoms. The minimum absolute atomic E-state index is 0.157. The quantitative estimate of drug-likeness (QED) is 0.686. The van der Waals surface area contributed by atoms with Crippen LogP contribution in [-0.2, 0) is 6.54 Å². The fraction of sp³-hybridized carbons (Fsp3) is 0.211. The topological polar surface area (TPSA) is 48.4 Å². The third-order valence-corrected chi connectivity index (χ3v) is 4.66. The molecule has 0 fully saturated rings. The van der Waals surface area contributed by atoms with Gasteiger partial charge in [-0.05, 0) is 24.3 Å². The van der Waals surface area contributed by atoms with Gasteiger partial charge in [0.2, 0.25) is 0 Å². The van der Waals surface area contributed by atoms with Crippen LogP contribution in [0, 0.1) is 0 Å². The molecule has 0 saturated heterocycles. The van der Waals surface area contributed by atoms with E-state index in [0.717, 1.165) is 27.6 Å². The second-order valence-corrected chi connectivity index (χ2v) is 6.48. The Hall–Kier alpha value is -2.37. The van der Waals surface area contributed by atoms with Crippen LogP contribution in [0.5, 0.6) is 0 Å². The highest BCUT2D eigenvalue weighted by Gasteiger charge is 2.04. The van der Waals surface area contributed by atoms with E-state index in [4.69, 9.17) is 5.11 Å². The molecule has 0 saturated carbocycles. The summed E-state index contributed by atoms with van der Waals surface area (Å²) in [5.41, 5.74) is 4.33. The Morgan fingerprint density at radius 3 is 2.54 bits per heavy atom. The first-order valence-electron chi connectivity index (χ1n) is 7.92. The maximum atomic E-state index is 8.99. The lowest BCUT2D eigenvalue weighted by atomic mass is 10.2. The summed E-state index contributed by atoms with van der Waals surface area (Å²) in [6.45, 7) is 1.50. The fourth-order valence-electron chi connectivity index (χ4n) is 2.42. The Morgan fingerprint density at radius 2 is 1.83 bits per heavy atom. The van der Waals surface area contributed by atoms with Gasteiger partial charge in [-0.1, -0.05) is 30.3 Å². The highest BCUT2D eigenvalue weighted by molar-refractivity contribution is 7.09. The lowest BCUT2D eigenvalue weighted by Gasteiger charge is -2.18. The molecule has 0 bridgehead atoms. The largest absolute Gasteiger partial charge is 0.395 e. The van der Waals surface area contributed by atoms with Crippen LogP contribution in [0.25, 0.3) is 11.3 Å². The van der Waals surface area contributed by atoms with Crippen molar-refractivity contribution in [2.45, 2.75) is 6.54 Å². The van der Waals surface area contributed by atoms with Crippen LogP contribution < -0.4 is 10.2 Å². The van der Waals surface area contributed by atoms with E-state index in [1.54, 1.807) is 11.3 Å². The maximum Gasteiger partial charge on any atom is 0.112 e. The van der Waals surface area contributed by atoms with Crippen molar-refractivity contribution in [1.82, 2.24) is 4.98 Å². The first-order valence-corrected chi connectivity index (χ1v) is 8.80. The zero-order valence-electron chi connectivity index (χ0n) is 13.6. The normalized spacial score (nSPS) is 10.6. The number of thiazole rings is 1. The predicted molar refractivity (Wildman–Crippen MR) is 102 cm³/mol. The Kier molecular flexibility index (Phi) is 5.46. The molecule has 0 atom stereocenters. The van der Waals surface area contributed by atoms with Gasteiger partial charge in [0.25, 0.3) is 0 Å². The SMILES string of the molecule is CN(CCO)c1ccc(NCc2nc(-c3ccccc3)cs2)cc1. The van der Waals surface area contributed by atoms with Crippen molar-refractivity contribution >= 4 is 22.7 Å². The maximum absolute atomic E-state index is 8.99. The number of aromatic nitrogens is 1. The number of hydrogen-bond acceptors (Lipinski definition) is 5. The van der Waals surface area contributed by atoms with E-state index < -0.39 is 0 Å². The number of aliphatic hydroxyl groups excluding tert-OH is 1. The number of aliphatic hydroxyl groups is 1. The number of nitrogens with zero attached hydrogens (tertiary/aromatic N) is 2. The molecule has 1 heterocycles. The molecule has 0 amide bonds. The summed E-state index contributed by atoms with van der Waals surface area (Å²) in [6.07, 6.45) is 0. The number of benzene rings is 2. The van der Waals surface area contributed by atoms with Crippen molar-refractivity contribution in [2.75, 3.05) is 30.4 Å². The average molecular weight is 339 g/mol. The Labute approximate surface area is 146 Å². The summed E-state index contributed by atoms with van der Waals surface area (Å²) in [5, 5.41) is 15.6. The van der Waals surface area contributed by atoms with Crippen LogP contribution in [0.3, 0.4) is 0 Å². The van der Waals surface area contributed by atoms with Gasteiger partial charge in [0.15, 0.2) is 0 Å². The third kappa shape index (κ3) is 4.13. The summed E-state index contributed by atoms with van der Waals surface area (Å²) >= 11 is 1.67. The lowest BCUT2D eigenvalue weighted by Crippen LogP contribution is -2.20. The molecule has 0 spiro atoms. The fourth-order valence-corrected chi connectivity index (χ4v) is 3.17. The number of likely N-dealkylation sites (N-methyl/N-ethyl adjacent to an activating group) is 1. The van der Waals surface area contributed by atoms with Crippen LogP contribution in [0.15, 0.2) is 60.0 Å². The average Bonchev–Trinajstić information content (AvgIpc) is 3.10. The third-order valence-electron chi connectivity index (χ3n) is 3.81. The van der Waals surface area contributed by atoms with E-state index in [9.17, 15) is 0 Å². The van der Waals surface area contributed by atoms with E-state index >= 15 is 0 Å². The molecule has 1 aromatic heterocycles. The second-order valence-electron chi connectivity index (χ2n) is 5.54. The minimum atomic E-state index is 0.157. The highest BCUT2D eigenvalue weighted by Crippen LogP contribution is 2.23. The van der Waals surface area contributed by atoms with Gasteiger partial charge >= 0.3 is 0 Å². The first-order chi connectivity index (χ1) is 11.8. The molecule has 0 radical (unpaired) electrons. The standard InChI is InChI=1S/C19H21N3OS/c1-22(11-12-23)17-9-7-16(8-10-17)20-13-19-21-18(14-24-19)15-5-3-2-4-6-15/h2-10,14,20,23H,11-13H2,1H3. The number of anilines is 2. The Bertz CT molecular complexity index is 756. The van der Waals surface area contributed by atoms with Crippen molar-refractivity contribution < 1.29 is 5.11 Å². The summed E-state index contributed by atoms with van der Waals surface area (Å²) in [5.74, 6) is 0. The molecule has 0 aliphatic rings. The van der Waals surface area contributed by atoms with E-state index in [2.05, 4.69) is 52.1 Å². The van der Waals surface area contributed by atoms with Crippen LogP contribution in [0.4, 0.5) is 11.4 Å². The minimum Gasteiger partial charge on any atom is -0.395 e. The molecule has 0 aliphatic carbocycles. The van der Waals surface area contributed by atoms with Gasteiger partial charge in [0, 0.05) is 35.9 Å². The lowest BCUT2D eigenvalue weighted by molar-refractivity contribution is 0.304. The second kappa shape index (κ2) is 7.95. The molecule has 5 heteroatoms. The van der Waals surface area contributed by atoms with Crippen LogP contribution in [0.2, 0.25) is 0 Å². The number of rotatable bonds is 7. The van der Waals surface area contributed by atoms with Crippen LogP contribution >= 0.6 is 11.3 Å². The van der Waals surface area contributed by atoms with Crippen molar-refractivity contribution in [3.05, 3.63) is 65.0 Å². The van der Waals surface area contributed by atoms with E-state index in [-0.39, 0.29) is 6.61 Å². The van der Waals surface area contributed by atoms with Gasteiger partial charge in [-0.15, -0.1) is 11.3 Å². The van der Waals surface area contributed by atoms with Crippen molar-refractivity contribution in [3.63, 3.8) is 0 Å². The van der Waals surface area contributed by atoms with E-state index in [0.29, 0.717) is 13.1 Å². The van der Waals surface area contributed by atoms with Gasteiger partial charge in [-0.3, -0.25) is 0 Å². The first kappa shape index (κ1) is 16.5. The highest BCUT2D eigenvalue weighted by atomic mass is 32.1. The zero-order valence-corrected chi connectivity index (χ0v) is 14.5. The summed E-state index contributed by atoms with van der Waals surface area (Å²) in [4.78, 5) is 6.71. The summed E-state index contributed by atoms with van der Waals surface area (Å²) < 4.78 is 0. The Balaban J connectivity index is 1.59. The van der Waals surface area contributed by atoms with Crippen LogP contribution in [-0.4, -0.2) is 30.3 Å². The summed E-state index contributed by atoms with van der Waals surface area (Å²) in [6, 6.07) is 18.4. The number of hydrogen-bond donors (Lipinski definition) is 2. The van der Waals surface area contributed by atoms with Crippen LogP contribution in [0.1, 0.15) is 5.01 Å². The van der Waals surface area contributed by atoms with E-state index in [1.807, 2.05) is 30.1 Å². The molecule has 0 aliphatic heterocycles. The summed E-state index contributed by atoms with van der Waals surface area (Å²) in [7, 11) is 1.97. The zero-order chi connectivity index (χ0) is 16.8.